The van der Waals surface area contributed by atoms with Gasteiger partial charge in [0.05, 0.1) is 27.5 Å². The molecule has 1 aromatic carbocycles. The van der Waals surface area contributed by atoms with E-state index in [1.165, 1.54) is 0 Å². The zero-order chi connectivity index (χ0) is 22.1. The Labute approximate surface area is 188 Å². The summed E-state index contributed by atoms with van der Waals surface area (Å²) < 4.78 is 7.34. The van der Waals surface area contributed by atoms with Gasteiger partial charge in [-0.05, 0) is 30.2 Å². The van der Waals surface area contributed by atoms with Crippen LogP contribution >= 0.6 is 23.2 Å². The zero-order valence-electron chi connectivity index (χ0n) is 18.0. The van der Waals surface area contributed by atoms with Crippen LogP contribution < -0.4 is 0 Å². The number of aliphatic hydroxyl groups is 1. The van der Waals surface area contributed by atoms with Crippen LogP contribution in [0.15, 0.2) is 30.5 Å². The molecule has 0 aliphatic carbocycles. The number of rotatable bonds is 8. The minimum Gasteiger partial charge on any atom is -0.377 e. The average Bonchev–Trinajstić information content (AvgIpc) is 3.13. The maximum atomic E-state index is 11.6. The largest absolute Gasteiger partial charge is 0.377 e. The van der Waals surface area contributed by atoms with E-state index in [9.17, 15) is 5.11 Å². The second-order valence-corrected chi connectivity index (χ2v) is 15.5. The molecule has 2 aromatic heterocycles. The fourth-order valence-electron chi connectivity index (χ4n) is 3.13. The normalized spacial score (nSPS) is 14.4. The number of halogens is 2. The van der Waals surface area contributed by atoms with Crippen molar-refractivity contribution in [3.8, 4) is 0 Å². The lowest BCUT2D eigenvalue weighted by Gasteiger charge is -2.29. The molecule has 6 nitrogen and oxygen atoms in total. The molecule has 0 radical (unpaired) electrons. The Balaban J connectivity index is 1.87. The zero-order valence-corrected chi connectivity index (χ0v) is 20.5. The number of benzene rings is 1. The third kappa shape index (κ3) is 5.03. The Hall–Kier alpha value is -1.51. The van der Waals surface area contributed by atoms with Crippen molar-refractivity contribution in [2.24, 2.45) is 5.92 Å². The van der Waals surface area contributed by atoms with Gasteiger partial charge in [0.15, 0.2) is 5.60 Å². The van der Waals surface area contributed by atoms with Gasteiger partial charge in [-0.2, -0.15) is 0 Å². The SMILES string of the molecule is CC(C)C(O)(c1cn(COCC[Si](C)(C)C)nn1)c1ccc2cc(Cl)c(Cl)cc2n1. The number of hydrogen-bond acceptors (Lipinski definition) is 5. The molecule has 0 aliphatic heterocycles. The Morgan fingerprint density at radius 2 is 1.83 bits per heavy atom. The summed E-state index contributed by atoms with van der Waals surface area (Å²) in [5, 5.41) is 21.7. The molecule has 1 N–H and O–H groups in total. The van der Waals surface area contributed by atoms with Crippen LogP contribution in [0.4, 0.5) is 0 Å². The molecule has 0 bridgehead atoms. The fourth-order valence-corrected chi connectivity index (χ4v) is 4.21. The monoisotopic (exact) mass is 466 g/mol. The Morgan fingerprint density at radius 1 is 1.13 bits per heavy atom. The van der Waals surface area contributed by atoms with E-state index in [0.717, 1.165) is 11.4 Å². The summed E-state index contributed by atoms with van der Waals surface area (Å²) in [5.74, 6) is -0.191. The lowest BCUT2D eigenvalue weighted by Crippen LogP contribution is -2.35. The predicted octanol–water partition coefficient (Wildman–Crippen LogP) is 5.34. The van der Waals surface area contributed by atoms with Crippen molar-refractivity contribution in [2.45, 2.75) is 51.9 Å². The first-order valence-electron chi connectivity index (χ1n) is 9.98. The van der Waals surface area contributed by atoms with E-state index in [-0.39, 0.29) is 5.92 Å². The van der Waals surface area contributed by atoms with Gasteiger partial charge in [-0.25, -0.2) is 9.67 Å². The summed E-state index contributed by atoms with van der Waals surface area (Å²) in [5.41, 5.74) is 0.160. The summed E-state index contributed by atoms with van der Waals surface area (Å²) in [6.07, 6.45) is 1.72. The molecule has 0 aliphatic rings. The molecule has 0 amide bonds. The van der Waals surface area contributed by atoms with E-state index in [1.54, 1.807) is 29.1 Å². The minimum absolute atomic E-state index is 0.191. The van der Waals surface area contributed by atoms with Crippen LogP contribution in [0.25, 0.3) is 10.9 Å². The van der Waals surface area contributed by atoms with Gasteiger partial charge in [0.25, 0.3) is 0 Å². The van der Waals surface area contributed by atoms with E-state index in [1.807, 2.05) is 19.9 Å². The number of hydrogen-bond donors (Lipinski definition) is 1. The maximum Gasteiger partial charge on any atom is 0.154 e. The summed E-state index contributed by atoms with van der Waals surface area (Å²) in [7, 11) is -1.15. The summed E-state index contributed by atoms with van der Waals surface area (Å²) >= 11 is 12.3. The number of ether oxygens (including phenoxy) is 1. The second kappa shape index (κ2) is 8.92. The van der Waals surface area contributed by atoms with Crippen LogP contribution in [0.5, 0.6) is 0 Å². The van der Waals surface area contributed by atoms with Crippen LogP contribution in [0.3, 0.4) is 0 Å². The Morgan fingerprint density at radius 3 is 2.50 bits per heavy atom. The van der Waals surface area contributed by atoms with Crippen molar-refractivity contribution in [1.82, 2.24) is 20.0 Å². The first-order valence-corrected chi connectivity index (χ1v) is 14.4. The molecule has 3 rings (SSSR count). The third-order valence-electron chi connectivity index (χ3n) is 5.11. The second-order valence-electron chi connectivity index (χ2n) is 9.07. The predicted molar refractivity (Wildman–Crippen MR) is 124 cm³/mol. The highest BCUT2D eigenvalue weighted by Crippen LogP contribution is 2.36. The smallest absolute Gasteiger partial charge is 0.154 e. The maximum absolute atomic E-state index is 11.6. The standard InChI is InChI=1S/C21H28Cl2N4O2Si/c1-14(2)21(28,19-7-6-15-10-16(22)17(23)11-18(15)24-19)20-12-27(26-25-20)13-29-8-9-30(3,4)5/h6-7,10-12,14,28H,8-9,13H2,1-5H3. The first-order chi connectivity index (χ1) is 14.0. The van der Waals surface area contributed by atoms with Gasteiger partial charge in [0.2, 0.25) is 0 Å². The van der Waals surface area contributed by atoms with Crippen LogP contribution in [0.2, 0.25) is 35.7 Å². The van der Waals surface area contributed by atoms with Crippen LogP contribution in [-0.2, 0) is 17.1 Å². The van der Waals surface area contributed by atoms with Gasteiger partial charge < -0.3 is 9.84 Å². The van der Waals surface area contributed by atoms with E-state index in [4.69, 9.17) is 27.9 Å². The van der Waals surface area contributed by atoms with Crippen molar-refractivity contribution in [2.75, 3.05) is 6.61 Å². The van der Waals surface area contributed by atoms with E-state index in [0.29, 0.717) is 40.3 Å². The van der Waals surface area contributed by atoms with Crippen molar-refractivity contribution in [3.05, 3.63) is 51.9 Å². The molecule has 0 fully saturated rings. The number of nitrogens with zero attached hydrogens (tertiary/aromatic N) is 4. The lowest BCUT2D eigenvalue weighted by atomic mass is 9.84. The number of fused-ring (bicyclic) bond motifs is 1. The quantitative estimate of drug-likeness (QED) is 0.358. The molecule has 0 spiro atoms. The molecule has 1 unspecified atom stereocenters. The Bertz CT molecular complexity index is 1040. The third-order valence-corrected chi connectivity index (χ3v) is 7.53. The highest BCUT2D eigenvalue weighted by Gasteiger charge is 2.39. The molecule has 162 valence electrons. The highest BCUT2D eigenvalue weighted by molar-refractivity contribution is 6.76. The molecular formula is C21H28Cl2N4O2Si. The van der Waals surface area contributed by atoms with E-state index >= 15 is 0 Å². The molecular weight excluding hydrogens is 439 g/mol. The van der Waals surface area contributed by atoms with E-state index in [2.05, 4.69) is 34.9 Å². The fraction of sp³-hybridized carbons (Fsp3) is 0.476. The molecule has 30 heavy (non-hydrogen) atoms. The summed E-state index contributed by atoms with van der Waals surface area (Å²) in [6.45, 7) is 11.8. The van der Waals surface area contributed by atoms with Crippen LogP contribution in [-0.4, -0.2) is 39.8 Å². The molecule has 1 atom stereocenters. The van der Waals surface area contributed by atoms with Crippen molar-refractivity contribution >= 4 is 42.2 Å². The van der Waals surface area contributed by atoms with Gasteiger partial charge in [0.1, 0.15) is 12.4 Å². The van der Waals surface area contributed by atoms with Crippen molar-refractivity contribution in [3.63, 3.8) is 0 Å². The molecule has 9 heteroatoms. The van der Waals surface area contributed by atoms with Crippen molar-refractivity contribution < 1.29 is 9.84 Å². The highest BCUT2D eigenvalue weighted by atomic mass is 35.5. The van der Waals surface area contributed by atoms with Crippen LogP contribution in [0, 0.1) is 5.92 Å². The Kier molecular flexibility index (Phi) is 6.89. The summed E-state index contributed by atoms with van der Waals surface area (Å²) in [6, 6.07) is 8.20. The van der Waals surface area contributed by atoms with Crippen molar-refractivity contribution in [1.29, 1.82) is 0 Å². The molecule has 0 saturated heterocycles. The summed E-state index contributed by atoms with van der Waals surface area (Å²) in [4.78, 5) is 4.66. The lowest BCUT2D eigenvalue weighted by molar-refractivity contribution is 0.0233. The minimum atomic E-state index is -1.41. The van der Waals surface area contributed by atoms with Gasteiger partial charge in [-0.1, -0.05) is 68.0 Å². The van der Waals surface area contributed by atoms with E-state index < -0.39 is 13.7 Å². The molecule has 3 aromatic rings. The number of pyridine rings is 1. The molecule has 0 saturated carbocycles. The van der Waals surface area contributed by atoms with Gasteiger partial charge in [-0.15, -0.1) is 5.10 Å². The first kappa shape index (κ1) is 23.2. The molecule has 2 heterocycles. The number of aromatic nitrogens is 4. The average molecular weight is 467 g/mol. The van der Waals surface area contributed by atoms with Gasteiger partial charge in [-0.3, -0.25) is 0 Å². The van der Waals surface area contributed by atoms with Gasteiger partial charge >= 0.3 is 0 Å². The topological polar surface area (TPSA) is 73.1 Å². The van der Waals surface area contributed by atoms with Gasteiger partial charge in [0, 0.05) is 20.1 Å². The van der Waals surface area contributed by atoms with Crippen LogP contribution in [0.1, 0.15) is 25.2 Å².